The van der Waals surface area contributed by atoms with Gasteiger partial charge in [0.15, 0.2) is 12.2 Å². The number of unbranched alkanes of at least 4 members (excludes halogenated alkanes) is 52. The summed E-state index contributed by atoms with van der Waals surface area (Å²) in [5, 5.41) is 10.6. The third-order valence-electron chi connectivity index (χ3n) is 19.4. The maximum absolute atomic E-state index is 13.1. The molecule has 3 N–H and O–H groups in total. The number of phosphoric ester groups is 2. The van der Waals surface area contributed by atoms with Gasteiger partial charge in [0.05, 0.1) is 26.4 Å². The van der Waals surface area contributed by atoms with E-state index in [0.29, 0.717) is 25.7 Å². The minimum atomic E-state index is -4.96. The maximum Gasteiger partial charge on any atom is 0.472 e. The van der Waals surface area contributed by atoms with Crippen molar-refractivity contribution >= 4 is 39.5 Å². The molecule has 594 valence electrons. The summed E-state index contributed by atoms with van der Waals surface area (Å²) < 4.78 is 68.8. The first kappa shape index (κ1) is 98.1. The highest BCUT2D eigenvalue weighted by atomic mass is 31.2. The van der Waals surface area contributed by atoms with E-state index < -0.39 is 97.5 Å². The third kappa shape index (κ3) is 73.0. The molecule has 0 aromatic carbocycles. The van der Waals surface area contributed by atoms with Gasteiger partial charge in [0.1, 0.15) is 19.3 Å². The number of rotatable bonds is 81. The fraction of sp³-hybridized carbons (Fsp3) is 0.951. The summed E-state index contributed by atoms with van der Waals surface area (Å²) in [6.45, 7) is 7.34. The van der Waals surface area contributed by atoms with E-state index in [9.17, 15) is 43.2 Å². The van der Waals surface area contributed by atoms with Gasteiger partial charge in [0, 0.05) is 25.7 Å². The first-order chi connectivity index (χ1) is 48.6. The van der Waals surface area contributed by atoms with Crippen molar-refractivity contribution in [3.05, 3.63) is 0 Å². The van der Waals surface area contributed by atoms with Crippen molar-refractivity contribution < 1.29 is 80.2 Å². The fourth-order valence-electron chi connectivity index (χ4n) is 12.6. The van der Waals surface area contributed by atoms with Crippen LogP contribution in [0.2, 0.25) is 0 Å². The highest BCUT2D eigenvalue weighted by molar-refractivity contribution is 7.47. The van der Waals surface area contributed by atoms with Crippen LogP contribution in [0.3, 0.4) is 0 Å². The zero-order chi connectivity index (χ0) is 73.4. The summed E-state index contributed by atoms with van der Waals surface area (Å²) in [5.41, 5.74) is 0. The second kappa shape index (κ2) is 73.9. The first-order valence-corrected chi connectivity index (χ1v) is 45.2. The zero-order valence-corrected chi connectivity index (χ0v) is 67.1. The molecule has 100 heavy (non-hydrogen) atoms. The molecule has 0 aromatic rings. The van der Waals surface area contributed by atoms with Crippen molar-refractivity contribution in [2.75, 3.05) is 39.6 Å². The van der Waals surface area contributed by atoms with Gasteiger partial charge in [0.2, 0.25) is 0 Å². The Morgan fingerprint density at radius 1 is 0.280 bits per heavy atom. The molecule has 0 aliphatic carbocycles. The van der Waals surface area contributed by atoms with E-state index in [-0.39, 0.29) is 25.7 Å². The van der Waals surface area contributed by atoms with E-state index in [0.717, 1.165) is 95.8 Å². The molecular weight excluding hydrogens is 1310 g/mol. The summed E-state index contributed by atoms with van der Waals surface area (Å²) in [6.07, 6.45) is 65.0. The van der Waals surface area contributed by atoms with E-state index in [1.54, 1.807) is 0 Å². The van der Waals surface area contributed by atoms with Crippen molar-refractivity contribution in [1.82, 2.24) is 0 Å². The third-order valence-corrected chi connectivity index (χ3v) is 21.3. The van der Waals surface area contributed by atoms with Gasteiger partial charge in [-0.3, -0.25) is 37.3 Å². The molecule has 3 unspecified atom stereocenters. The summed E-state index contributed by atoms with van der Waals surface area (Å²) in [7, 11) is -9.92. The molecule has 0 saturated carbocycles. The van der Waals surface area contributed by atoms with Crippen molar-refractivity contribution in [3.8, 4) is 0 Å². The summed E-state index contributed by atoms with van der Waals surface area (Å²) >= 11 is 0. The molecular formula is C81H158O17P2. The Balaban J connectivity index is 5.25. The van der Waals surface area contributed by atoms with Gasteiger partial charge in [-0.2, -0.15) is 0 Å². The van der Waals surface area contributed by atoms with Crippen molar-refractivity contribution in [3.63, 3.8) is 0 Å². The lowest BCUT2D eigenvalue weighted by Crippen LogP contribution is -2.30. The second-order valence-corrected chi connectivity index (χ2v) is 32.3. The fourth-order valence-corrected chi connectivity index (χ4v) is 14.1. The van der Waals surface area contributed by atoms with Crippen LogP contribution in [0.15, 0.2) is 0 Å². The Morgan fingerprint density at radius 2 is 0.480 bits per heavy atom. The zero-order valence-electron chi connectivity index (χ0n) is 65.3. The largest absolute Gasteiger partial charge is 0.472 e. The number of phosphoric acid groups is 2. The average molecular weight is 1470 g/mol. The smallest absolute Gasteiger partial charge is 0.462 e. The highest BCUT2D eigenvalue weighted by Crippen LogP contribution is 2.45. The molecule has 0 aliphatic heterocycles. The van der Waals surface area contributed by atoms with Crippen LogP contribution in [0.4, 0.5) is 0 Å². The first-order valence-electron chi connectivity index (χ1n) is 42.2. The Morgan fingerprint density at radius 3 is 0.710 bits per heavy atom. The van der Waals surface area contributed by atoms with Gasteiger partial charge < -0.3 is 33.8 Å². The lowest BCUT2D eigenvalue weighted by molar-refractivity contribution is -0.161. The standard InChI is InChI=1S/C81H158O17P2/c1-6-10-13-16-19-22-25-28-31-32-33-34-36-39-42-45-52-57-62-67-81(86)97-76(70-91-78(83)64-59-54-49-43-40-38-35-29-26-23-20-17-14-11-7-2)72-95-99(87,88)93-68-75(82)69-94-100(89,90)96-73-77(71-92-79(84)65-60-55-50-47-46-48-53-58-63-74(5)9-4)98-80(85)66-61-56-51-44-41-37-30-27-24-21-18-15-12-8-3/h74-77,82H,6-73H2,1-5H3,(H,87,88)(H,89,90)/t74?,75-,76-,77-/m1/s1. The Kier molecular flexibility index (Phi) is 72.5. The van der Waals surface area contributed by atoms with Crippen molar-refractivity contribution in [2.45, 2.75) is 451 Å². The summed E-state index contributed by atoms with van der Waals surface area (Å²) in [5.74, 6) is -1.33. The average Bonchev–Trinajstić information content (AvgIpc) is 1.00. The van der Waals surface area contributed by atoms with Crippen LogP contribution in [0.5, 0.6) is 0 Å². The monoisotopic (exact) mass is 1470 g/mol. The van der Waals surface area contributed by atoms with Gasteiger partial charge in [-0.05, 0) is 31.6 Å². The highest BCUT2D eigenvalue weighted by Gasteiger charge is 2.30. The van der Waals surface area contributed by atoms with Crippen LogP contribution in [-0.4, -0.2) is 96.7 Å². The van der Waals surface area contributed by atoms with Crippen LogP contribution >= 0.6 is 15.6 Å². The Hall–Kier alpha value is -1.94. The van der Waals surface area contributed by atoms with Gasteiger partial charge in [-0.25, -0.2) is 9.13 Å². The number of carbonyl (C=O) groups is 4. The maximum atomic E-state index is 13.1. The summed E-state index contributed by atoms with van der Waals surface area (Å²) in [4.78, 5) is 73.1. The van der Waals surface area contributed by atoms with Crippen LogP contribution in [0.25, 0.3) is 0 Å². The Bertz CT molecular complexity index is 1910. The SMILES string of the molecule is CCCCCCCCCCCCCCCCCCCCCC(=O)O[C@H](COC(=O)CCCCCCCCCCCCCCCCC)COP(=O)(O)OC[C@@H](O)COP(=O)(O)OC[C@@H](COC(=O)CCCCCCCCCCC(C)CC)OC(=O)CCCCCCCCCCCCCCCC. The molecule has 0 spiro atoms. The van der Waals surface area contributed by atoms with E-state index in [1.807, 2.05) is 0 Å². The number of carbonyl (C=O) groups excluding carboxylic acids is 4. The summed E-state index contributed by atoms with van der Waals surface area (Å²) in [6, 6.07) is 0. The number of esters is 4. The van der Waals surface area contributed by atoms with Gasteiger partial charge in [-0.1, -0.05) is 381 Å². The molecule has 0 radical (unpaired) electrons. The molecule has 0 bridgehead atoms. The molecule has 0 heterocycles. The van der Waals surface area contributed by atoms with Crippen molar-refractivity contribution in [2.24, 2.45) is 5.92 Å². The number of aliphatic hydroxyl groups excluding tert-OH is 1. The van der Waals surface area contributed by atoms with Gasteiger partial charge in [-0.15, -0.1) is 0 Å². The lowest BCUT2D eigenvalue weighted by atomic mass is 9.99. The van der Waals surface area contributed by atoms with Crippen LogP contribution in [0.1, 0.15) is 433 Å². The topological polar surface area (TPSA) is 237 Å². The minimum Gasteiger partial charge on any atom is -0.462 e. The second-order valence-electron chi connectivity index (χ2n) is 29.4. The van der Waals surface area contributed by atoms with Crippen LogP contribution in [-0.2, 0) is 65.4 Å². The van der Waals surface area contributed by atoms with Gasteiger partial charge in [0.25, 0.3) is 0 Å². The molecule has 0 aromatic heterocycles. The molecule has 0 rings (SSSR count). The number of hydrogen-bond donors (Lipinski definition) is 3. The van der Waals surface area contributed by atoms with Crippen LogP contribution < -0.4 is 0 Å². The van der Waals surface area contributed by atoms with E-state index >= 15 is 0 Å². The van der Waals surface area contributed by atoms with Crippen molar-refractivity contribution in [1.29, 1.82) is 0 Å². The van der Waals surface area contributed by atoms with E-state index in [1.165, 1.54) is 257 Å². The van der Waals surface area contributed by atoms with E-state index in [4.69, 9.17) is 37.0 Å². The molecule has 0 aliphatic rings. The molecule has 0 fully saturated rings. The van der Waals surface area contributed by atoms with Gasteiger partial charge >= 0.3 is 39.5 Å². The molecule has 0 amide bonds. The normalized spacial score (nSPS) is 14.1. The lowest BCUT2D eigenvalue weighted by Gasteiger charge is -2.21. The molecule has 17 nitrogen and oxygen atoms in total. The predicted octanol–water partition coefficient (Wildman–Crippen LogP) is 24.4. The number of aliphatic hydroxyl groups is 1. The minimum absolute atomic E-state index is 0.108. The predicted molar refractivity (Wildman–Crippen MR) is 409 cm³/mol. The molecule has 19 heteroatoms. The molecule has 0 saturated heterocycles. The Labute approximate surface area is 613 Å². The number of hydrogen-bond acceptors (Lipinski definition) is 15. The molecule has 6 atom stereocenters. The van der Waals surface area contributed by atoms with E-state index in [2.05, 4.69) is 34.6 Å². The van der Waals surface area contributed by atoms with Crippen LogP contribution in [0, 0.1) is 5.92 Å². The quantitative estimate of drug-likeness (QED) is 0.0222. The number of ether oxygens (including phenoxy) is 4.